The highest BCUT2D eigenvalue weighted by Crippen LogP contribution is 2.31. The Bertz CT molecular complexity index is 402. The molecule has 1 aromatic carbocycles. The summed E-state index contributed by atoms with van der Waals surface area (Å²) in [6.45, 7) is 13.3. The highest BCUT2D eigenvalue weighted by atomic mass is 35.5. The van der Waals surface area contributed by atoms with Crippen LogP contribution in [0.3, 0.4) is 0 Å². The summed E-state index contributed by atoms with van der Waals surface area (Å²) in [5.74, 6) is 2.05. The van der Waals surface area contributed by atoms with Gasteiger partial charge in [-0.2, -0.15) is 0 Å². The van der Waals surface area contributed by atoms with Gasteiger partial charge in [0.1, 0.15) is 12.4 Å². The van der Waals surface area contributed by atoms with Crippen molar-refractivity contribution in [3.63, 3.8) is 0 Å². The topological polar surface area (TPSA) is 21.3 Å². The van der Waals surface area contributed by atoms with E-state index in [4.69, 9.17) is 16.3 Å². The third-order valence-electron chi connectivity index (χ3n) is 3.00. The number of aryl methyl sites for hydroxylation is 1. The molecule has 0 aromatic heterocycles. The molecule has 2 nitrogen and oxygen atoms in total. The molecule has 0 bridgehead atoms. The Balaban J connectivity index is 2.59. The van der Waals surface area contributed by atoms with Crippen LogP contribution in [0.2, 0.25) is 5.02 Å². The smallest absolute Gasteiger partial charge is 0.123 e. The molecule has 0 aliphatic carbocycles. The first-order valence-corrected chi connectivity index (χ1v) is 7.43. The van der Waals surface area contributed by atoms with Crippen molar-refractivity contribution in [2.45, 2.75) is 40.5 Å². The molecule has 0 spiro atoms. The van der Waals surface area contributed by atoms with E-state index < -0.39 is 0 Å². The molecular formula is C16H26ClNO. The summed E-state index contributed by atoms with van der Waals surface area (Å²) >= 11 is 6.18. The van der Waals surface area contributed by atoms with Gasteiger partial charge in [0.2, 0.25) is 0 Å². The van der Waals surface area contributed by atoms with Gasteiger partial charge >= 0.3 is 0 Å². The third kappa shape index (κ3) is 5.42. The molecule has 3 heteroatoms. The summed E-state index contributed by atoms with van der Waals surface area (Å²) < 4.78 is 5.89. The Labute approximate surface area is 122 Å². The molecule has 1 rings (SSSR count). The molecule has 108 valence electrons. The van der Waals surface area contributed by atoms with E-state index in [-0.39, 0.29) is 0 Å². The first kappa shape index (κ1) is 16.3. The maximum Gasteiger partial charge on any atom is 0.123 e. The van der Waals surface area contributed by atoms with Gasteiger partial charge in [-0.05, 0) is 48.6 Å². The number of benzene rings is 1. The van der Waals surface area contributed by atoms with E-state index in [1.54, 1.807) is 0 Å². The van der Waals surface area contributed by atoms with Gasteiger partial charge in [-0.15, -0.1) is 0 Å². The van der Waals surface area contributed by atoms with E-state index in [2.05, 4.69) is 33.0 Å². The molecule has 0 saturated carbocycles. The first-order valence-electron chi connectivity index (χ1n) is 7.05. The highest BCUT2D eigenvalue weighted by Gasteiger charge is 2.10. The quantitative estimate of drug-likeness (QED) is 0.749. The Morgan fingerprint density at radius 2 is 1.89 bits per heavy atom. The van der Waals surface area contributed by atoms with E-state index in [0.29, 0.717) is 18.4 Å². The fourth-order valence-corrected chi connectivity index (χ4v) is 2.04. The van der Waals surface area contributed by atoms with Crippen molar-refractivity contribution in [1.82, 2.24) is 5.32 Å². The second-order valence-corrected chi connectivity index (χ2v) is 6.15. The van der Waals surface area contributed by atoms with Crippen LogP contribution in [0.5, 0.6) is 5.75 Å². The van der Waals surface area contributed by atoms with Crippen molar-refractivity contribution in [3.8, 4) is 5.75 Å². The SMILES string of the molecule is Cc1cc(OCCNCC(C)C)c(C(C)C)cc1Cl. The lowest BCUT2D eigenvalue weighted by Gasteiger charge is -2.16. The molecule has 0 unspecified atom stereocenters. The molecule has 0 amide bonds. The summed E-state index contributed by atoms with van der Waals surface area (Å²) in [7, 11) is 0. The normalized spacial score (nSPS) is 11.4. The monoisotopic (exact) mass is 283 g/mol. The van der Waals surface area contributed by atoms with Gasteiger partial charge in [0, 0.05) is 11.6 Å². The van der Waals surface area contributed by atoms with E-state index in [1.807, 2.05) is 19.1 Å². The number of halogens is 1. The van der Waals surface area contributed by atoms with Crippen LogP contribution in [-0.4, -0.2) is 19.7 Å². The molecule has 1 aromatic rings. The zero-order valence-corrected chi connectivity index (χ0v) is 13.5. The number of rotatable bonds is 7. The second kappa shape index (κ2) is 7.76. The average Bonchev–Trinajstić information content (AvgIpc) is 2.32. The van der Waals surface area contributed by atoms with Gasteiger partial charge in [-0.1, -0.05) is 39.3 Å². The molecule has 0 fully saturated rings. The van der Waals surface area contributed by atoms with Gasteiger partial charge in [-0.25, -0.2) is 0 Å². The predicted octanol–water partition coefficient (Wildman–Crippen LogP) is 4.40. The molecule has 19 heavy (non-hydrogen) atoms. The highest BCUT2D eigenvalue weighted by molar-refractivity contribution is 6.31. The lowest BCUT2D eigenvalue weighted by atomic mass is 10.0. The summed E-state index contributed by atoms with van der Waals surface area (Å²) in [4.78, 5) is 0. The fourth-order valence-electron chi connectivity index (χ4n) is 1.87. The number of nitrogens with one attached hydrogen (secondary N) is 1. The molecule has 0 aliphatic heterocycles. The van der Waals surface area contributed by atoms with Crippen molar-refractivity contribution in [3.05, 3.63) is 28.3 Å². The molecule has 0 radical (unpaired) electrons. The second-order valence-electron chi connectivity index (χ2n) is 5.74. The molecule has 0 saturated heterocycles. The Hall–Kier alpha value is -0.730. The average molecular weight is 284 g/mol. The van der Waals surface area contributed by atoms with Crippen LogP contribution in [0.1, 0.15) is 44.7 Å². The van der Waals surface area contributed by atoms with Crippen LogP contribution >= 0.6 is 11.6 Å². The Kier molecular flexibility index (Phi) is 6.67. The van der Waals surface area contributed by atoms with Crippen molar-refractivity contribution in [2.24, 2.45) is 5.92 Å². The number of hydrogen-bond acceptors (Lipinski definition) is 2. The molecule has 0 heterocycles. The van der Waals surface area contributed by atoms with Crippen molar-refractivity contribution >= 4 is 11.6 Å². The third-order valence-corrected chi connectivity index (χ3v) is 3.41. The van der Waals surface area contributed by atoms with Gasteiger partial charge in [0.15, 0.2) is 0 Å². The molecule has 0 aliphatic rings. The van der Waals surface area contributed by atoms with E-state index in [9.17, 15) is 0 Å². The predicted molar refractivity (Wildman–Crippen MR) is 83.5 cm³/mol. The van der Waals surface area contributed by atoms with Crippen LogP contribution in [0.15, 0.2) is 12.1 Å². The standard InChI is InChI=1S/C16H26ClNO/c1-11(2)10-18-6-7-19-16-8-13(5)15(17)9-14(16)12(3)4/h8-9,11-12,18H,6-7,10H2,1-5H3. The van der Waals surface area contributed by atoms with Crippen LogP contribution in [0, 0.1) is 12.8 Å². The zero-order chi connectivity index (χ0) is 14.4. The lowest BCUT2D eigenvalue weighted by molar-refractivity contribution is 0.307. The van der Waals surface area contributed by atoms with Crippen LogP contribution in [0.25, 0.3) is 0 Å². The number of ether oxygens (including phenoxy) is 1. The summed E-state index contributed by atoms with van der Waals surface area (Å²) in [5.41, 5.74) is 2.25. The molecule has 0 atom stereocenters. The van der Waals surface area contributed by atoms with Gasteiger partial charge < -0.3 is 10.1 Å². The summed E-state index contributed by atoms with van der Waals surface area (Å²) in [6.07, 6.45) is 0. The minimum Gasteiger partial charge on any atom is -0.492 e. The Morgan fingerprint density at radius 3 is 2.47 bits per heavy atom. The van der Waals surface area contributed by atoms with Crippen LogP contribution in [0.4, 0.5) is 0 Å². The molecular weight excluding hydrogens is 258 g/mol. The fraction of sp³-hybridized carbons (Fsp3) is 0.625. The molecule has 1 N–H and O–H groups in total. The zero-order valence-electron chi connectivity index (χ0n) is 12.7. The van der Waals surface area contributed by atoms with Crippen molar-refractivity contribution < 1.29 is 4.74 Å². The minimum atomic E-state index is 0.414. The van der Waals surface area contributed by atoms with Crippen LogP contribution in [-0.2, 0) is 0 Å². The summed E-state index contributed by atoms with van der Waals surface area (Å²) in [5, 5.41) is 4.19. The Morgan fingerprint density at radius 1 is 1.21 bits per heavy atom. The minimum absolute atomic E-state index is 0.414. The van der Waals surface area contributed by atoms with Gasteiger partial charge in [0.25, 0.3) is 0 Å². The number of hydrogen-bond donors (Lipinski definition) is 1. The first-order chi connectivity index (χ1) is 8.91. The summed E-state index contributed by atoms with van der Waals surface area (Å²) in [6, 6.07) is 4.07. The van der Waals surface area contributed by atoms with E-state index in [1.165, 1.54) is 5.56 Å². The maximum absolute atomic E-state index is 6.18. The van der Waals surface area contributed by atoms with Crippen LogP contribution < -0.4 is 10.1 Å². The van der Waals surface area contributed by atoms with Crippen molar-refractivity contribution in [2.75, 3.05) is 19.7 Å². The lowest BCUT2D eigenvalue weighted by Crippen LogP contribution is -2.25. The maximum atomic E-state index is 6.18. The van der Waals surface area contributed by atoms with E-state index >= 15 is 0 Å². The van der Waals surface area contributed by atoms with Crippen molar-refractivity contribution in [1.29, 1.82) is 0 Å². The van der Waals surface area contributed by atoms with Gasteiger partial charge in [0.05, 0.1) is 0 Å². The van der Waals surface area contributed by atoms with E-state index in [0.717, 1.165) is 29.4 Å². The largest absolute Gasteiger partial charge is 0.492 e. The van der Waals surface area contributed by atoms with Gasteiger partial charge in [-0.3, -0.25) is 0 Å².